The molecule has 0 saturated heterocycles. The summed E-state index contributed by atoms with van der Waals surface area (Å²) < 4.78 is 52.3. The minimum absolute atomic E-state index is 0.100. The van der Waals surface area contributed by atoms with Gasteiger partial charge in [-0.1, -0.05) is 30.7 Å². The molecule has 1 amide bonds. The van der Waals surface area contributed by atoms with Crippen molar-refractivity contribution in [3.05, 3.63) is 77.6 Å². The van der Waals surface area contributed by atoms with Crippen molar-refractivity contribution in [2.45, 2.75) is 37.8 Å². The Balaban J connectivity index is 1.42. The predicted octanol–water partition coefficient (Wildman–Crippen LogP) is 6.09. The molecule has 1 saturated carbocycles. The van der Waals surface area contributed by atoms with Gasteiger partial charge in [-0.15, -0.1) is 0 Å². The molecule has 0 radical (unpaired) electrons. The van der Waals surface area contributed by atoms with Crippen LogP contribution in [0.4, 0.5) is 23.2 Å². The Morgan fingerprint density at radius 2 is 1.74 bits per heavy atom. The molecule has 34 heavy (non-hydrogen) atoms. The second kappa shape index (κ2) is 9.59. The lowest BCUT2D eigenvalue weighted by atomic mass is 9.77. The van der Waals surface area contributed by atoms with Gasteiger partial charge in [-0.3, -0.25) is 4.79 Å². The van der Waals surface area contributed by atoms with Gasteiger partial charge in [-0.2, -0.15) is 18.4 Å². The number of aromatic nitrogens is 2. The highest BCUT2D eigenvalue weighted by Gasteiger charge is 2.32. The zero-order chi connectivity index (χ0) is 24.3. The number of nitrogens with zero attached hydrogens (tertiary/aromatic N) is 3. The SMILES string of the molecule is N#Cc1ncc(-c2ccc(C3CCCC(C(=O)Nc4ccc(C(F)(F)F)cc4F)C3)cc2)cn1. The summed E-state index contributed by atoms with van der Waals surface area (Å²) in [6, 6.07) is 11.8. The van der Waals surface area contributed by atoms with Crippen LogP contribution in [0.2, 0.25) is 0 Å². The summed E-state index contributed by atoms with van der Waals surface area (Å²) >= 11 is 0. The highest BCUT2D eigenvalue weighted by atomic mass is 19.4. The van der Waals surface area contributed by atoms with Crippen LogP contribution in [-0.4, -0.2) is 15.9 Å². The number of benzene rings is 2. The van der Waals surface area contributed by atoms with Crippen LogP contribution in [0.1, 0.15) is 48.6 Å². The maximum absolute atomic E-state index is 14.1. The van der Waals surface area contributed by atoms with Crippen LogP contribution in [0.15, 0.2) is 54.9 Å². The first-order chi connectivity index (χ1) is 16.2. The molecule has 2 unspecified atom stereocenters. The number of carbonyl (C=O) groups excluding carboxylic acids is 1. The van der Waals surface area contributed by atoms with Crippen LogP contribution < -0.4 is 5.32 Å². The van der Waals surface area contributed by atoms with Crippen molar-refractivity contribution in [2.75, 3.05) is 5.32 Å². The summed E-state index contributed by atoms with van der Waals surface area (Å²) in [5.41, 5.74) is 1.39. The van der Waals surface area contributed by atoms with Crippen molar-refractivity contribution in [1.29, 1.82) is 5.26 Å². The maximum atomic E-state index is 14.1. The molecule has 1 aliphatic carbocycles. The van der Waals surface area contributed by atoms with Gasteiger partial charge in [0, 0.05) is 23.9 Å². The van der Waals surface area contributed by atoms with Crippen molar-refractivity contribution in [1.82, 2.24) is 9.97 Å². The van der Waals surface area contributed by atoms with E-state index in [1.54, 1.807) is 12.4 Å². The van der Waals surface area contributed by atoms with Crippen LogP contribution in [0.25, 0.3) is 11.1 Å². The average Bonchev–Trinajstić information content (AvgIpc) is 2.85. The van der Waals surface area contributed by atoms with Gasteiger partial charge < -0.3 is 5.32 Å². The molecule has 1 aromatic heterocycles. The molecule has 9 heteroatoms. The van der Waals surface area contributed by atoms with Crippen LogP contribution >= 0.6 is 0 Å². The van der Waals surface area contributed by atoms with Crippen molar-refractivity contribution in [3.63, 3.8) is 0 Å². The molecule has 4 rings (SSSR count). The molecule has 0 aliphatic heterocycles. The van der Waals surface area contributed by atoms with E-state index in [9.17, 15) is 22.4 Å². The number of amides is 1. The fourth-order valence-corrected chi connectivity index (χ4v) is 4.24. The van der Waals surface area contributed by atoms with Gasteiger partial charge in [0.25, 0.3) is 0 Å². The van der Waals surface area contributed by atoms with Gasteiger partial charge >= 0.3 is 6.18 Å². The number of carbonyl (C=O) groups is 1. The number of nitriles is 1. The Kier molecular flexibility index (Phi) is 6.59. The lowest BCUT2D eigenvalue weighted by Crippen LogP contribution is -2.28. The van der Waals surface area contributed by atoms with E-state index in [0.717, 1.165) is 41.7 Å². The van der Waals surface area contributed by atoms with E-state index < -0.39 is 23.5 Å². The van der Waals surface area contributed by atoms with E-state index >= 15 is 0 Å². The van der Waals surface area contributed by atoms with Crippen molar-refractivity contribution in [2.24, 2.45) is 5.92 Å². The Morgan fingerprint density at radius 3 is 2.35 bits per heavy atom. The standard InChI is InChI=1S/C25H20F4N4O/c26-21-11-20(25(27,28)29)8-9-22(21)33-24(34)18-3-1-2-17(10-18)15-4-6-16(7-5-15)19-13-31-23(12-30)32-14-19/h4-9,11,13-14,17-18H,1-3,10H2,(H,33,34). The highest BCUT2D eigenvalue weighted by molar-refractivity contribution is 5.92. The Hall–Kier alpha value is -3.80. The molecule has 2 aromatic carbocycles. The molecular formula is C25H20F4N4O. The molecule has 2 atom stereocenters. The number of hydrogen-bond donors (Lipinski definition) is 1. The van der Waals surface area contributed by atoms with Crippen molar-refractivity contribution >= 4 is 11.6 Å². The van der Waals surface area contributed by atoms with E-state index in [1.165, 1.54) is 0 Å². The summed E-state index contributed by atoms with van der Waals surface area (Å²) in [4.78, 5) is 20.7. The summed E-state index contributed by atoms with van der Waals surface area (Å²) in [6.45, 7) is 0. The maximum Gasteiger partial charge on any atom is 0.416 e. The van der Waals surface area contributed by atoms with Gasteiger partial charge in [0.2, 0.25) is 11.7 Å². The average molecular weight is 468 g/mol. The summed E-state index contributed by atoms with van der Waals surface area (Å²) in [5, 5.41) is 11.3. The monoisotopic (exact) mass is 468 g/mol. The van der Waals surface area contributed by atoms with E-state index in [0.29, 0.717) is 18.9 Å². The minimum Gasteiger partial charge on any atom is -0.323 e. The summed E-state index contributed by atoms with van der Waals surface area (Å²) in [6.07, 6.45) is 1.42. The fourth-order valence-electron chi connectivity index (χ4n) is 4.24. The molecule has 0 bridgehead atoms. The number of rotatable bonds is 4. The molecule has 3 aromatic rings. The third-order valence-electron chi connectivity index (χ3n) is 6.07. The molecule has 1 aliphatic rings. The Bertz CT molecular complexity index is 1220. The zero-order valence-electron chi connectivity index (χ0n) is 17.9. The van der Waals surface area contributed by atoms with Gasteiger partial charge in [0.1, 0.15) is 11.9 Å². The number of alkyl halides is 3. The van der Waals surface area contributed by atoms with Crippen LogP contribution in [0.5, 0.6) is 0 Å². The third-order valence-corrected chi connectivity index (χ3v) is 6.07. The third kappa shape index (κ3) is 5.22. The van der Waals surface area contributed by atoms with E-state index in [2.05, 4.69) is 15.3 Å². The van der Waals surface area contributed by atoms with Crippen LogP contribution in [-0.2, 0) is 11.0 Å². The van der Waals surface area contributed by atoms with Crippen LogP contribution in [0, 0.1) is 23.1 Å². The number of nitrogens with one attached hydrogen (secondary N) is 1. The minimum atomic E-state index is -4.65. The Morgan fingerprint density at radius 1 is 1.03 bits per heavy atom. The van der Waals surface area contributed by atoms with E-state index in [1.807, 2.05) is 30.3 Å². The predicted molar refractivity (Wildman–Crippen MR) is 117 cm³/mol. The molecular weight excluding hydrogens is 448 g/mol. The Labute approximate surface area is 193 Å². The van der Waals surface area contributed by atoms with Gasteiger partial charge in [-0.05, 0) is 54.5 Å². The summed E-state index contributed by atoms with van der Waals surface area (Å²) in [5.74, 6) is -1.64. The lowest BCUT2D eigenvalue weighted by Gasteiger charge is -2.29. The number of hydrogen-bond acceptors (Lipinski definition) is 4. The van der Waals surface area contributed by atoms with Gasteiger partial charge in [0.05, 0.1) is 11.3 Å². The van der Waals surface area contributed by atoms with Gasteiger partial charge in [-0.25, -0.2) is 14.4 Å². The highest BCUT2D eigenvalue weighted by Crippen LogP contribution is 2.38. The normalized spacial score (nSPS) is 18.2. The molecule has 174 valence electrons. The molecule has 1 N–H and O–H groups in total. The smallest absolute Gasteiger partial charge is 0.323 e. The topological polar surface area (TPSA) is 78.7 Å². The first kappa shape index (κ1) is 23.4. The molecule has 0 spiro atoms. The quantitative estimate of drug-likeness (QED) is 0.471. The van der Waals surface area contributed by atoms with Crippen molar-refractivity contribution < 1.29 is 22.4 Å². The van der Waals surface area contributed by atoms with E-state index in [-0.39, 0.29) is 23.3 Å². The van der Waals surface area contributed by atoms with Crippen LogP contribution in [0.3, 0.4) is 0 Å². The first-order valence-electron chi connectivity index (χ1n) is 10.7. The second-order valence-corrected chi connectivity index (χ2v) is 8.27. The lowest BCUT2D eigenvalue weighted by molar-refractivity contribution is -0.137. The van der Waals surface area contributed by atoms with Gasteiger partial charge in [0.15, 0.2) is 0 Å². The fraction of sp³-hybridized carbons (Fsp3) is 0.280. The molecule has 5 nitrogen and oxygen atoms in total. The van der Waals surface area contributed by atoms with Crippen molar-refractivity contribution in [3.8, 4) is 17.2 Å². The molecule has 1 fully saturated rings. The second-order valence-electron chi connectivity index (χ2n) is 8.27. The molecule has 1 heterocycles. The zero-order valence-corrected chi connectivity index (χ0v) is 17.9. The largest absolute Gasteiger partial charge is 0.416 e. The van der Waals surface area contributed by atoms with E-state index in [4.69, 9.17) is 5.26 Å². The summed E-state index contributed by atoms with van der Waals surface area (Å²) in [7, 11) is 0. The first-order valence-corrected chi connectivity index (χ1v) is 10.7. The number of anilines is 1. The number of halogens is 4.